The smallest absolute Gasteiger partial charge is 0.337 e. The number of carboxylic acid groups (broad SMARTS) is 1. The molecule has 1 fully saturated rings. The van der Waals surface area contributed by atoms with Gasteiger partial charge in [0.25, 0.3) is 0 Å². The van der Waals surface area contributed by atoms with E-state index in [1.54, 1.807) is 6.07 Å². The molecule has 2 aromatic rings. The van der Waals surface area contributed by atoms with Crippen molar-refractivity contribution in [3.63, 3.8) is 0 Å². The molecule has 6 nitrogen and oxygen atoms in total. The summed E-state index contributed by atoms with van der Waals surface area (Å²) >= 11 is 0. The maximum atomic E-state index is 11.6. The van der Waals surface area contributed by atoms with Crippen molar-refractivity contribution in [1.82, 2.24) is 4.98 Å². The van der Waals surface area contributed by atoms with E-state index in [1.165, 1.54) is 5.57 Å². The first kappa shape index (κ1) is 19.5. The number of nitrogens with zero attached hydrogens (tertiary/aromatic N) is 1. The number of H-pyrrole nitrogens is 1. The highest BCUT2D eigenvalue weighted by Crippen LogP contribution is 2.42. The molecule has 0 saturated heterocycles. The Hall–Kier alpha value is -2.86. The maximum absolute atomic E-state index is 11.6. The van der Waals surface area contributed by atoms with Gasteiger partial charge in [-0.1, -0.05) is 19.1 Å². The van der Waals surface area contributed by atoms with E-state index in [2.05, 4.69) is 43.2 Å². The van der Waals surface area contributed by atoms with Gasteiger partial charge in [-0.2, -0.15) is 0 Å². The number of benzene rings is 1. The molecule has 0 amide bonds. The van der Waals surface area contributed by atoms with Crippen LogP contribution < -0.4 is 11.1 Å². The van der Waals surface area contributed by atoms with Gasteiger partial charge in [-0.3, -0.25) is 4.99 Å². The summed E-state index contributed by atoms with van der Waals surface area (Å²) in [4.78, 5) is 19.9. The fraction of sp³-hybridized carbons (Fsp3) is 0.391. The van der Waals surface area contributed by atoms with Crippen LogP contribution in [0.3, 0.4) is 0 Å². The van der Waals surface area contributed by atoms with E-state index in [9.17, 15) is 9.90 Å². The number of aromatic carboxylic acids is 1. The van der Waals surface area contributed by atoms with Crippen molar-refractivity contribution in [2.45, 2.75) is 58.2 Å². The summed E-state index contributed by atoms with van der Waals surface area (Å²) in [6, 6.07) is 7.88. The van der Waals surface area contributed by atoms with E-state index in [0.29, 0.717) is 5.69 Å². The molecule has 0 bridgehead atoms. The van der Waals surface area contributed by atoms with Gasteiger partial charge in [-0.05, 0) is 56.9 Å². The van der Waals surface area contributed by atoms with Gasteiger partial charge in [0.2, 0.25) is 0 Å². The van der Waals surface area contributed by atoms with Gasteiger partial charge in [0.15, 0.2) is 0 Å². The summed E-state index contributed by atoms with van der Waals surface area (Å²) in [6.45, 7) is 6.63. The lowest BCUT2D eigenvalue weighted by molar-refractivity contribution is 0.0696. The number of carboxylic acids is 1. The zero-order valence-electron chi connectivity index (χ0n) is 17.2. The van der Waals surface area contributed by atoms with Crippen molar-refractivity contribution in [2.24, 2.45) is 10.7 Å². The Bertz CT molecular complexity index is 1030. The average Bonchev–Trinajstić information content (AvgIpc) is 3.29. The second-order valence-electron chi connectivity index (χ2n) is 8.24. The van der Waals surface area contributed by atoms with Crippen LogP contribution in [-0.4, -0.2) is 33.4 Å². The lowest BCUT2D eigenvalue weighted by Crippen LogP contribution is -2.25. The number of hydrogen-bond acceptors (Lipinski definition) is 4. The molecule has 0 radical (unpaired) electrons. The first-order valence-electron chi connectivity index (χ1n) is 10.2. The van der Waals surface area contributed by atoms with Gasteiger partial charge >= 0.3 is 5.97 Å². The van der Waals surface area contributed by atoms with Gasteiger partial charge in [0.05, 0.1) is 22.9 Å². The molecule has 0 spiro atoms. The van der Waals surface area contributed by atoms with E-state index in [0.717, 1.165) is 47.5 Å². The number of anilines is 1. The summed E-state index contributed by atoms with van der Waals surface area (Å²) in [5.41, 5.74) is 12.7. The Kier molecular flexibility index (Phi) is 4.82. The number of nitrogens with two attached hydrogens (primary N) is 1. The zero-order valence-corrected chi connectivity index (χ0v) is 17.2. The fourth-order valence-electron chi connectivity index (χ4n) is 3.93. The molecule has 1 aliphatic heterocycles. The van der Waals surface area contributed by atoms with Crippen molar-refractivity contribution in [2.75, 3.05) is 5.32 Å². The molecule has 1 unspecified atom stereocenters. The minimum Gasteiger partial charge on any atom is -0.478 e. The number of rotatable bonds is 5. The van der Waals surface area contributed by atoms with Crippen LogP contribution in [0.15, 0.2) is 35.3 Å². The average molecular weight is 393 g/mol. The first-order chi connectivity index (χ1) is 13.8. The number of aromatic amines is 1. The number of nitrogens with one attached hydrogen (secondary N) is 2. The molecule has 2 heterocycles. The molecule has 152 valence electrons. The highest BCUT2D eigenvalue weighted by molar-refractivity contribution is 6.09. The minimum absolute atomic E-state index is 0.0752. The fourth-order valence-corrected chi connectivity index (χ4v) is 3.93. The molecule has 6 heteroatoms. The number of fused-ring (bicyclic) bond motifs is 1. The van der Waals surface area contributed by atoms with Crippen LogP contribution in [0.4, 0.5) is 5.69 Å². The summed E-state index contributed by atoms with van der Waals surface area (Å²) in [7, 11) is 0. The monoisotopic (exact) mass is 392 g/mol. The van der Waals surface area contributed by atoms with Crippen molar-refractivity contribution in [3.8, 4) is 11.3 Å². The molecule has 1 aromatic heterocycles. The molecule has 4 rings (SSSR count). The number of aliphatic imine (C=N–C) groups is 1. The Morgan fingerprint density at radius 2 is 2.14 bits per heavy atom. The van der Waals surface area contributed by atoms with Crippen LogP contribution in [0.2, 0.25) is 0 Å². The summed E-state index contributed by atoms with van der Waals surface area (Å²) < 4.78 is 0. The molecule has 1 atom stereocenters. The number of hydrogen-bond donors (Lipinski definition) is 4. The van der Waals surface area contributed by atoms with Crippen LogP contribution >= 0.6 is 0 Å². The molecular weight excluding hydrogens is 364 g/mol. The molecular formula is C23H28N4O2. The van der Waals surface area contributed by atoms with Crippen LogP contribution in [0.1, 0.15) is 61.6 Å². The van der Waals surface area contributed by atoms with Crippen molar-refractivity contribution in [1.29, 1.82) is 0 Å². The molecule has 1 aliphatic carbocycles. The first-order valence-corrected chi connectivity index (χ1v) is 10.2. The van der Waals surface area contributed by atoms with E-state index in [-0.39, 0.29) is 23.7 Å². The standard InChI is InChI=1S/C23H28N4O2/c1-4-14-10-18(27-23(3)8-9-23)13(2)25-17-7-5-6-15(21(14)17)19-11-16(22(28)29)20(12-24)26-19/h5-7,10-11,13,25-26H,4,8-9,12,24H2,1-3H3,(H,28,29). The minimum atomic E-state index is -0.972. The quantitative estimate of drug-likeness (QED) is 0.604. The van der Waals surface area contributed by atoms with Crippen LogP contribution in [0, 0.1) is 0 Å². The molecule has 29 heavy (non-hydrogen) atoms. The third-order valence-electron chi connectivity index (χ3n) is 5.90. The third-order valence-corrected chi connectivity index (χ3v) is 5.90. The molecule has 2 aliphatic rings. The normalized spacial score (nSPS) is 21.2. The topological polar surface area (TPSA) is 104 Å². The van der Waals surface area contributed by atoms with Crippen molar-refractivity contribution < 1.29 is 9.90 Å². The number of allylic oxidation sites excluding steroid dienone is 1. The molecule has 1 aromatic carbocycles. The van der Waals surface area contributed by atoms with Gasteiger partial charge in [-0.15, -0.1) is 0 Å². The van der Waals surface area contributed by atoms with Crippen molar-refractivity contribution in [3.05, 3.63) is 47.2 Å². The zero-order chi connectivity index (χ0) is 20.8. The highest BCUT2D eigenvalue weighted by Gasteiger charge is 2.38. The molecule has 1 saturated carbocycles. The van der Waals surface area contributed by atoms with E-state index < -0.39 is 5.97 Å². The van der Waals surface area contributed by atoms with Gasteiger partial charge in [0, 0.05) is 34.7 Å². The number of carbonyl (C=O) groups is 1. The largest absolute Gasteiger partial charge is 0.478 e. The van der Waals surface area contributed by atoms with E-state index >= 15 is 0 Å². The summed E-state index contributed by atoms with van der Waals surface area (Å²) in [5, 5.41) is 13.1. The highest BCUT2D eigenvalue weighted by atomic mass is 16.4. The van der Waals surface area contributed by atoms with Gasteiger partial charge < -0.3 is 21.1 Å². The SMILES string of the molecule is CCC1=CC(=NC2(C)CC2)C(C)Nc2cccc(-c3cc(C(=O)O)c(CN)[nH]3)c21. The maximum Gasteiger partial charge on any atom is 0.337 e. The Balaban J connectivity index is 1.88. The summed E-state index contributed by atoms with van der Waals surface area (Å²) in [6.07, 6.45) is 5.34. The Morgan fingerprint density at radius 3 is 2.72 bits per heavy atom. The van der Waals surface area contributed by atoms with Gasteiger partial charge in [-0.25, -0.2) is 4.79 Å². The predicted molar refractivity (Wildman–Crippen MR) is 118 cm³/mol. The van der Waals surface area contributed by atoms with E-state index in [1.807, 2.05) is 12.1 Å². The second kappa shape index (κ2) is 7.19. The summed E-state index contributed by atoms with van der Waals surface area (Å²) in [5.74, 6) is -0.972. The third kappa shape index (κ3) is 3.60. The number of aromatic nitrogens is 1. The Morgan fingerprint density at radius 1 is 1.38 bits per heavy atom. The Labute approximate surface area is 170 Å². The lowest BCUT2D eigenvalue weighted by Gasteiger charge is -2.18. The molecule has 5 N–H and O–H groups in total. The van der Waals surface area contributed by atoms with Crippen molar-refractivity contribution >= 4 is 22.9 Å². The van der Waals surface area contributed by atoms with Crippen LogP contribution in [0.5, 0.6) is 0 Å². The second-order valence-corrected chi connectivity index (χ2v) is 8.24. The van der Waals surface area contributed by atoms with Crippen LogP contribution in [0.25, 0.3) is 16.8 Å². The van der Waals surface area contributed by atoms with E-state index in [4.69, 9.17) is 10.7 Å². The predicted octanol–water partition coefficient (Wildman–Crippen LogP) is 4.44. The van der Waals surface area contributed by atoms with Gasteiger partial charge in [0.1, 0.15) is 0 Å². The lowest BCUT2D eigenvalue weighted by atomic mass is 9.93. The van der Waals surface area contributed by atoms with Crippen LogP contribution in [-0.2, 0) is 6.54 Å².